The van der Waals surface area contributed by atoms with Crippen molar-refractivity contribution in [2.24, 2.45) is 0 Å². The van der Waals surface area contributed by atoms with Crippen molar-refractivity contribution in [3.8, 4) is 0 Å². The highest BCUT2D eigenvalue weighted by molar-refractivity contribution is 6.30. The van der Waals surface area contributed by atoms with Crippen LogP contribution in [-0.2, 0) is 4.74 Å². The number of halogens is 1. The van der Waals surface area contributed by atoms with E-state index in [4.69, 9.17) is 16.3 Å². The van der Waals surface area contributed by atoms with E-state index >= 15 is 0 Å². The molecule has 0 bridgehead atoms. The third-order valence-corrected chi connectivity index (χ3v) is 5.15. The van der Waals surface area contributed by atoms with Crippen LogP contribution in [0, 0.1) is 0 Å². The third kappa shape index (κ3) is 3.69. The van der Waals surface area contributed by atoms with Gasteiger partial charge in [0.2, 0.25) is 0 Å². The lowest BCUT2D eigenvalue weighted by Gasteiger charge is -2.49. The van der Waals surface area contributed by atoms with Gasteiger partial charge < -0.3 is 9.84 Å². The molecule has 2 atom stereocenters. The minimum absolute atomic E-state index is 0.298. The predicted octanol–water partition coefficient (Wildman–Crippen LogP) is 5.37. The number of fused-ring (bicyclic) bond motifs is 1. The summed E-state index contributed by atoms with van der Waals surface area (Å²) in [5, 5.41) is 11.9. The number of ether oxygens (including phenoxy) is 1. The quantitative estimate of drug-likeness (QED) is 0.715. The summed E-state index contributed by atoms with van der Waals surface area (Å²) in [7, 11) is 0. The van der Waals surface area contributed by atoms with Gasteiger partial charge in [-0.1, -0.05) is 41.9 Å². The molecule has 1 aliphatic heterocycles. The molecule has 144 valence electrons. The van der Waals surface area contributed by atoms with Gasteiger partial charge in [-0.2, -0.15) is 0 Å². The summed E-state index contributed by atoms with van der Waals surface area (Å²) in [5.74, 6) is -0.298. The van der Waals surface area contributed by atoms with Crippen LogP contribution in [0.1, 0.15) is 51.7 Å². The number of carbonyl (C=O) groups excluding carboxylic acids is 1. The second-order valence-corrected chi connectivity index (χ2v) is 8.94. The number of aliphatic hydroxyl groups excluding tert-OH is 1. The van der Waals surface area contributed by atoms with Crippen molar-refractivity contribution in [2.45, 2.75) is 57.8 Å². The van der Waals surface area contributed by atoms with E-state index in [1.165, 1.54) is 0 Å². The smallest absolute Gasteiger partial charge is 0.415 e. The average Bonchev–Trinajstić information content (AvgIpc) is 2.55. The van der Waals surface area contributed by atoms with E-state index in [1.54, 1.807) is 11.0 Å². The SMILES string of the molecule is CC(C)(C)OC(=O)N1c2ccc(Cl)cc2C(c2ccccc2)C(O)C1(C)C. The Morgan fingerprint density at radius 1 is 1.15 bits per heavy atom. The molecule has 1 N–H and O–H groups in total. The molecule has 2 aromatic rings. The average molecular weight is 388 g/mol. The van der Waals surface area contributed by atoms with Crippen molar-refractivity contribution in [1.82, 2.24) is 0 Å². The van der Waals surface area contributed by atoms with Crippen molar-refractivity contribution in [3.63, 3.8) is 0 Å². The maximum atomic E-state index is 13.0. The van der Waals surface area contributed by atoms with Gasteiger partial charge in [0, 0.05) is 10.9 Å². The summed E-state index contributed by atoms with van der Waals surface area (Å²) in [6.07, 6.45) is -1.32. The van der Waals surface area contributed by atoms with Crippen LogP contribution in [0.3, 0.4) is 0 Å². The zero-order valence-corrected chi connectivity index (χ0v) is 17.1. The highest BCUT2D eigenvalue weighted by Gasteiger charge is 2.50. The molecule has 0 fully saturated rings. The van der Waals surface area contributed by atoms with Crippen LogP contribution in [0.2, 0.25) is 5.02 Å². The molecule has 0 spiro atoms. The van der Waals surface area contributed by atoms with Gasteiger partial charge in [0.1, 0.15) is 5.60 Å². The van der Waals surface area contributed by atoms with E-state index in [9.17, 15) is 9.90 Å². The van der Waals surface area contributed by atoms with Gasteiger partial charge in [0.05, 0.1) is 17.3 Å². The first-order valence-electron chi connectivity index (χ1n) is 9.08. The first kappa shape index (κ1) is 19.7. The molecule has 0 aliphatic carbocycles. The lowest BCUT2D eigenvalue weighted by Crippen LogP contribution is -2.61. The molecule has 1 amide bonds. The standard InChI is InChI=1S/C22H26ClNO3/c1-21(2,3)27-20(26)24-17-12-11-15(23)13-16(17)18(19(25)22(24,4)5)14-9-7-6-8-10-14/h6-13,18-19,25H,1-5H3. The molecule has 0 saturated heterocycles. The highest BCUT2D eigenvalue weighted by Crippen LogP contribution is 2.47. The second kappa shape index (κ2) is 6.84. The molecule has 27 heavy (non-hydrogen) atoms. The summed E-state index contributed by atoms with van der Waals surface area (Å²) in [6, 6.07) is 15.2. The lowest BCUT2D eigenvalue weighted by atomic mass is 9.73. The third-order valence-electron chi connectivity index (χ3n) is 4.92. The zero-order valence-electron chi connectivity index (χ0n) is 16.4. The largest absolute Gasteiger partial charge is 0.443 e. The molecular formula is C22H26ClNO3. The van der Waals surface area contributed by atoms with E-state index in [1.807, 2.05) is 77.1 Å². The Balaban J connectivity index is 2.19. The van der Waals surface area contributed by atoms with Gasteiger partial charge in [0.25, 0.3) is 0 Å². The van der Waals surface area contributed by atoms with Crippen molar-refractivity contribution in [2.75, 3.05) is 4.90 Å². The molecule has 1 heterocycles. The molecule has 4 nitrogen and oxygen atoms in total. The zero-order chi connectivity index (χ0) is 20.0. The fourth-order valence-corrected chi connectivity index (χ4v) is 3.84. The van der Waals surface area contributed by atoms with Crippen LogP contribution < -0.4 is 4.90 Å². The number of nitrogens with zero attached hydrogens (tertiary/aromatic N) is 1. The van der Waals surface area contributed by atoms with Gasteiger partial charge in [0.15, 0.2) is 0 Å². The van der Waals surface area contributed by atoms with Crippen molar-refractivity contribution < 1.29 is 14.6 Å². The molecule has 0 radical (unpaired) electrons. The minimum Gasteiger partial charge on any atom is -0.443 e. The molecule has 0 saturated carbocycles. The van der Waals surface area contributed by atoms with Crippen molar-refractivity contribution in [1.29, 1.82) is 0 Å². The Morgan fingerprint density at radius 3 is 2.37 bits per heavy atom. The Morgan fingerprint density at radius 2 is 1.78 bits per heavy atom. The van der Waals surface area contributed by atoms with Gasteiger partial charge in [-0.15, -0.1) is 0 Å². The molecule has 2 aromatic carbocycles. The molecule has 5 heteroatoms. The van der Waals surface area contributed by atoms with Crippen LogP contribution in [0.15, 0.2) is 48.5 Å². The summed E-state index contributed by atoms with van der Waals surface area (Å²) in [5.41, 5.74) is 0.986. The maximum Gasteiger partial charge on any atom is 0.415 e. The van der Waals surface area contributed by atoms with Gasteiger partial charge >= 0.3 is 6.09 Å². The van der Waals surface area contributed by atoms with Crippen LogP contribution in [0.25, 0.3) is 0 Å². The number of amides is 1. The van der Waals surface area contributed by atoms with Crippen LogP contribution in [-0.4, -0.2) is 28.4 Å². The first-order valence-corrected chi connectivity index (χ1v) is 9.46. The van der Waals surface area contributed by atoms with Crippen molar-refractivity contribution >= 4 is 23.4 Å². The minimum atomic E-state index is -0.871. The molecule has 2 unspecified atom stereocenters. The monoisotopic (exact) mass is 387 g/mol. The van der Waals surface area contributed by atoms with E-state index in [-0.39, 0.29) is 5.92 Å². The number of aliphatic hydroxyl groups is 1. The number of rotatable bonds is 1. The summed E-state index contributed by atoms with van der Waals surface area (Å²) < 4.78 is 5.63. The number of anilines is 1. The Labute approximate surface area is 165 Å². The molecule has 0 aromatic heterocycles. The van der Waals surface area contributed by atoms with Crippen LogP contribution in [0.5, 0.6) is 0 Å². The van der Waals surface area contributed by atoms with E-state index in [0.29, 0.717) is 10.7 Å². The number of carbonyl (C=O) groups is 1. The first-order chi connectivity index (χ1) is 12.5. The lowest BCUT2D eigenvalue weighted by molar-refractivity contribution is 0.0357. The van der Waals surface area contributed by atoms with Gasteiger partial charge in [-0.25, -0.2) is 4.79 Å². The number of benzene rings is 2. The maximum absolute atomic E-state index is 13.0. The number of hydrogen-bond donors (Lipinski definition) is 1. The molecular weight excluding hydrogens is 362 g/mol. The summed E-state index contributed by atoms with van der Waals surface area (Å²) >= 11 is 6.27. The van der Waals surface area contributed by atoms with Gasteiger partial charge in [-0.3, -0.25) is 4.90 Å². The topological polar surface area (TPSA) is 49.8 Å². The fraction of sp³-hybridized carbons (Fsp3) is 0.409. The Hall–Kier alpha value is -2.04. The second-order valence-electron chi connectivity index (χ2n) is 8.51. The highest BCUT2D eigenvalue weighted by atomic mass is 35.5. The molecule has 1 aliphatic rings. The van der Waals surface area contributed by atoms with E-state index in [0.717, 1.165) is 11.1 Å². The Bertz CT molecular complexity index is 842. The van der Waals surface area contributed by atoms with E-state index < -0.39 is 23.3 Å². The molecule has 3 rings (SSSR count). The van der Waals surface area contributed by atoms with E-state index in [2.05, 4.69) is 0 Å². The summed E-state index contributed by atoms with van der Waals surface area (Å²) in [4.78, 5) is 14.6. The van der Waals surface area contributed by atoms with Crippen LogP contribution >= 0.6 is 11.6 Å². The summed E-state index contributed by atoms with van der Waals surface area (Å²) in [6.45, 7) is 9.19. The normalized spacial score (nSPS) is 21.5. The Kier molecular flexibility index (Phi) is 5.00. The van der Waals surface area contributed by atoms with Crippen LogP contribution in [0.4, 0.5) is 10.5 Å². The van der Waals surface area contributed by atoms with Gasteiger partial charge in [-0.05, 0) is 63.9 Å². The fourth-order valence-electron chi connectivity index (χ4n) is 3.66. The van der Waals surface area contributed by atoms with Crippen molar-refractivity contribution in [3.05, 3.63) is 64.7 Å². The number of hydrogen-bond acceptors (Lipinski definition) is 3. The predicted molar refractivity (Wildman–Crippen MR) is 109 cm³/mol.